The summed E-state index contributed by atoms with van der Waals surface area (Å²) in [6, 6.07) is 15.8. The maximum absolute atomic E-state index is 9.71. The minimum Gasteiger partial charge on any atom is -0.390 e. The summed E-state index contributed by atoms with van der Waals surface area (Å²) < 4.78 is 2.01. The molecular weight excluding hydrogens is 372 g/mol. The smallest absolute Gasteiger partial charge is 0.152 e. The number of nitrogen functional groups attached to an aromatic ring is 1. The van der Waals surface area contributed by atoms with E-state index in [1.165, 1.54) is 0 Å². The molecule has 0 aliphatic rings. The molecule has 28 heavy (non-hydrogen) atoms. The number of aryl methyl sites for hydroxylation is 1. The number of hydrogen-bond donors (Lipinski definition) is 3. The number of unbranched alkanes of at least 4 members (excludes halogenated alkanes) is 1. The number of halogens is 1. The monoisotopic (exact) mass is 396 g/mol. The minimum absolute atomic E-state index is 0.0564. The highest BCUT2D eigenvalue weighted by Crippen LogP contribution is 2.25. The normalized spacial score (nSPS) is 11.0. The van der Waals surface area contributed by atoms with Crippen LogP contribution in [0.3, 0.4) is 0 Å². The third-order valence-corrected chi connectivity index (χ3v) is 5.13. The fourth-order valence-corrected chi connectivity index (χ4v) is 3.57. The quantitative estimate of drug-likeness (QED) is 0.390. The first-order valence-corrected chi connectivity index (χ1v) is 9.80. The van der Waals surface area contributed by atoms with Gasteiger partial charge in [0.2, 0.25) is 0 Å². The Kier molecular flexibility index (Phi) is 6.49. The van der Waals surface area contributed by atoms with E-state index >= 15 is 0 Å². The molecule has 0 bridgehead atoms. The zero-order chi connectivity index (χ0) is 20.1. The Balaban J connectivity index is 1.89. The van der Waals surface area contributed by atoms with Crippen molar-refractivity contribution in [3.8, 4) is 11.1 Å². The molecule has 0 saturated carbocycles. The molecular formula is C22H25ClN4O. The molecule has 2 aromatic carbocycles. The summed E-state index contributed by atoms with van der Waals surface area (Å²) in [4.78, 5) is 4.44. The number of imidazole rings is 1. The van der Waals surface area contributed by atoms with Gasteiger partial charge in [-0.25, -0.2) is 4.98 Å². The van der Waals surface area contributed by atoms with E-state index in [0.29, 0.717) is 17.4 Å². The third kappa shape index (κ3) is 4.26. The van der Waals surface area contributed by atoms with Crippen molar-refractivity contribution in [2.75, 3.05) is 0 Å². The number of hydrogen-bond acceptors (Lipinski definition) is 3. The lowest BCUT2D eigenvalue weighted by Crippen LogP contribution is -2.12. The van der Waals surface area contributed by atoms with Crippen molar-refractivity contribution in [3.05, 3.63) is 76.3 Å². The third-order valence-electron chi connectivity index (χ3n) is 4.83. The second-order valence-corrected chi connectivity index (χ2v) is 7.13. The Labute approximate surface area is 170 Å². The highest BCUT2D eigenvalue weighted by atomic mass is 35.5. The van der Waals surface area contributed by atoms with E-state index < -0.39 is 0 Å². The highest BCUT2D eigenvalue weighted by Gasteiger charge is 2.15. The van der Waals surface area contributed by atoms with Crippen LogP contribution in [0.2, 0.25) is 5.15 Å². The van der Waals surface area contributed by atoms with Crippen LogP contribution < -0.4 is 5.73 Å². The molecule has 1 aromatic heterocycles. The molecule has 0 amide bonds. The Morgan fingerprint density at radius 3 is 2.54 bits per heavy atom. The summed E-state index contributed by atoms with van der Waals surface area (Å²) in [7, 11) is 0. The van der Waals surface area contributed by atoms with Gasteiger partial charge in [-0.1, -0.05) is 73.5 Å². The Hall–Kier alpha value is -2.63. The standard InChI is InChI=1S/C22H25ClN4O/c1-2-3-8-20-26-21(23)19(14-28)27(20)13-15-9-11-16(12-10-15)17-6-4-5-7-18(17)22(24)25/h4-7,9-12,28H,2-3,8,13-14H2,1H3,(H3,24,25). The molecule has 0 fully saturated rings. The van der Waals surface area contributed by atoms with Crippen molar-refractivity contribution in [2.45, 2.75) is 39.3 Å². The van der Waals surface area contributed by atoms with Gasteiger partial charge in [-0.05, 0) is 23.1 Å². The first-order valence-electron chi connectivity index (χ1n) is 9.42. The molecule has 0 saturated heterocycles. The van der Waals surface area contributed by atoms with Crippen LogP contribution in [-0.2, 0) is 19.6 Å². The van der Waals surface area contributed by atoms with E-state index in [-0.39, 0.29) is 12.4 Å². The number of nitrogens with two attached hydrogens (primary N) is 1. The van der Waals surface area contributed by atoms with Gasteiger partial charge >= 0.3 is 0 Å². The van der Waals surface area contributed by atoms with Crippen LogP contribution in [0, 0.1) is 5.41 Å². The molecule has 5 nitrogen and oxygen atoms in total. The van der Waals surface area contributed by atoms with Gasteiger partial charge in [-0.3, -0.25) is 5.41 Å². The van der Waals surface area contributed by atoms with Crippen LogP contribution in [-0.4, -0.2) is 20.5 Å². The van der Waals surface area contributed by atoms with Crippen molar-refractivity contribution in [3.63, 3.8) is 0 Å². The number of aliphatic hydroxyl groups is 1. The molecule has 0 unspecified atom stereocenters. The van der Waals surface area contributed by atoms with E-state index in [9.17, 15) is 5.11 Å². The summed E-state index contributed by atoms with van der Waals surface area (Å²) in [6.07, 6.45) is 2.93. The summed E-state index contributed by atoms with van der Waals surface area (Å²) in [5.41, 5.74) is 10.1. The summed E-state index contributed by atoms with van der Waals surface area (Å²) in [6.45, 7) is 2.60. The first-order chi connectivity index (χ1) is 13.5. The molecule has 0 spiro atoms. The summed E-state index contributed by atoms with van der Waals surface area (Å²) in [5.74, 6) is 0.961. The summed E-state index contributed by atoms with van der Waals surface area (Å²) in [5, 5.41) is 17.9. The molecule has 0 radical (unpaired) electrons. The van der Waals surface area contributed by atoms with Crippen LogP contribution in [0.25, 0.3) is 11.1 Å². The maximum Gasteiger partial charge on any atom is 0.152 e. The lowest BCUT2D eigenvalue weighted by molar-refractivity contribution is 0.271. The summed E-state index contributed by atoms with van der Waals surface area (Å²) >= 11 is 6.22. The van der Waals surface area contributed by atoms with Crippen LogP contribution in [0.1, 0.15) is 42.4 Å². The fraction of sp³-hybridized carbons (Fsp3) is 0.273. The molecule has 4 N–H and O–H groups in total. The van der Waals surface area contributed by atoms with E-state index in [1.807, 2.05) is 53.1 Å². The topological polar surface area (TPSA) is 87.9 Å². The van der Waals surface area contributed by atoms with Crippen molar-refractivity contribution in [2.24, 2.45) is 5.73 Å². The van der Waals surface area contributed by atoms with E-state index in [2.05, 4.69) is 11.9 Å². The van der Waals surface area contributed by atoms with Crippen molar-refractivity contribution < 1.29 is 5.11 Å². The van der Waals surface area contributed by atoms with Gasteiger partial charge in [0.25, 0.3) is 0 Å². The van der Waals surface area contributed by atoms with E-state index in [1.54, 1.807) is 0 Å². The second-order valence-electron chi connectivity index (χ2n) is 6.77. The number of rotatable bonds is 8. The molecule has 3 aromatic rings. The van der Waals surface area contributed by atoms with Crippen LogP contribution in [0.5, 0.6) is 0 Å². The maximum atomic E-state index is 9.71. The average Bonchev–Trinajstić information content (AvgIpc) is 3.01. The minimum atomic E-state index is -0.137. The Bertz CT molecular complexity index is 963. The van der Waals surface area contributed by atoms with E-state index in [4.69, 9.17) is 22.7 Å². The molecule has 3 rings (SSSR count). The van der Waals surface area contributed by atoms with Crippen LogP contribution in [0.15, 0.2) is 48.5 Å². The number of amidine groups is 1. The van der Waals surface area contributed by atoms with Crippen molar-refractivity contribution in [1.82, 2.24) is 9.55 Å². The van der Waals surface area contributed by atoms with Gasteiger partial charge in [0.05, 0.1) is 12.3 Å². The Morgan fingerprint density at radius 1 is 1.18 bits per heavy atom. The SMILES string of the molecule is CCCCc1nc(Cl)c(CO)n1Cc1ccc(-c2ccccc2C(=N)N)cc1. The lowest BCUT2D eigenvalue weighted by Gasteiger charge is -2.13. The van der Waals surface area contributed by atoms with Gasteiger partial charge in [-0.15, -0.1) is 0 Å². The van der Waals surface area contributed by atoms with Gasteiger partial charge in [-0.2, -0.15) is 0 Å². The van der Waals surface area contributed by atoms with Gasteiger partial charge < -0.3 is 15.4 Å². The molecule has 0 atom stereocenters. The van der Waals surface area contributed by atoms with Crippen LogP contribution >= 0.6 is 11.6 Å². The molecule has 146 valence electrons. The molecule has 0 aliphatic heterocycles. The predicted octanol–water partition coefficient (Wildman–Crippen LogP) is 4.37. The van der Waals surface area contributed by atoms with Crippen molar-refractivity contribution in [1.29, 1.82) is 5.41 Å². The second kappa shape index (κ2) is 9.04. The van der Waals surface area contributed by atoms with Gasteiger partial charge in [0.15, 0.2) is 5.15 Å². The van der Waals surface area contributed by atoms with Gasteiger partial charge in [0, 0.05) is 18.5 Å². The van der Waals surface area contributed by atoms with Crippen molar-refractivity contribution >= 4 is 17.4 Å². The number of benzene rings is 2. The predicted molar refractivity (Wildman–Crippen MR) is 114 cm³/mol. The van der Waals surface area contributed by atoms with E-state index in [0.717, 1.165) is 47.3 Å². The number of aliphatic hydroxyl groups excluding tert-OH is 1. The fourth-order valence-electron chi connectivity index (χ4n) is 3.31. The number of nitrogens with one attached hydrogen (secondary N) is 1. The average molecular weight is 397 g/mol. The Morgan fingerprint density at radius 2 is 1.89 bits per heavy atom. The molecule has 1 heterocycles. The first kappa shape index (κ1) is 20.1. The number of nitrogens with zero attached hydrogens (tertiary/aromatic N) is 2. The zero-order valence-electron chi connectivity index (χ0n) is 16.0. The largest absolute Gasteiger partial charge is 0.390 e. The van der Waals surface area contributed by atoms with Crippen LogP contribution in [0.4, 0.5) is 0 Å². The highest BCUT2D eigenvalue weighted by molar-refractivity contribution is 6.30. The molecule has 0 aliphatic carbocycles. The van der Waals surface area contributed by atoms with Gasteiger partial charge in [0.1, 0.15) is 11.7 Å². The zero-order valence-corrected chi connectivity index (χ0v) is 16.7. The number of aromatic nitrogens is 2. The molecule has 6 heteroatoms. The lowest BCUT2D eigenvalue weighted by atomic mass is 9.98.